The van der Waals surface area contributed by atoms with Crippen molar-refractivity contribution in [3.63, 3.8) is 0 Å². The average molecular weight is 323 g/mol. The number of fused-ring (bicyclic) bond motifs is 1. The Morgan fingerprint density at radius 2 is 1.83 bits per heavy atom. The molecule has 0 radical (unpaired) electrons. The SMILES string of the molecule is Clc1ccccc1Nc1nccc(N2CCc3ccccc32)n1. The Morgan fingerprint density at radius 1 is 1.00 bits per heavy atom. The lowest BCUT2D eigenvalue weighted by atomic mass is 10.2. The van der Waals surface area contributed by atoms with Gasteiger partial charge in [-0.3, -0.25) is 0 Å². The summed E-state index contributed by atoms with van der Waals surface area (Å²) in [4.78, 5) is 11.1. The first kappa shape index (κ1) is 14.0. The molecule has 1 N–H and O–H groups in total. The molecule has 0 aliphatic carbocycles. The molecule has 114 valence electrons. The van der Waals surface area contributed by atoms with E-state index in [2.05, 4.69) is 44.5 Å². The van der Waals surface area contributed by atoms with Crippen molar-refractivity contribution in [2.75, 3.05) is 16.8 Å². The second kappa shape index (κ2) is 5.89. The first-order valence-electron chi connectivity index (χ1n) is 7.51. The van der Waals surface area contributed by atoms with Crippen LogP contribution in [0.1, 0.15) is 5.56 Å². The first-order chi connectivity index (χ1) is 11.3. The standard InChI is InChI=1S/C18H15ClN4/c19-14-6-2-3-7-15(14)21-18-20-11-9-17(22-18)23-12-10-13-5-1-4-8-16(13)23/h1-9,11H,10,12H2,(H,20,21,22). The van der Waals surface area contributed by atoms with Crippen LogP contribution in [0.5, 0.6) is 0 Å². The van der Waals surface area contributed by atoms with E-state index in [9.17, 15) is 0 Å². The Balaban J connectivity index is 1.64. The van der Waals surface area contributed by atoms with E-state index in [-0.39, 0.29) is 0 Å². The molecule has 0 spiro atoms. The quantitative estimate of drug-likeness (QED) is 0.767. The largest absolute Gasteiger partial charge is 0.326 e. The van der Waals surface area contributed by atoms with Gasteiger partial charge in [-0.25, -0.2) is 4.98 Å². The molecule has 1 aliphatic rings. The van der Waals surface area contributed by atoms with E-state index in [4.69, 9.17) is 11.6 Å². The molecule has 0 saturated carbocycles. The fourth-order valence-corrected chi connectivity index (χ4v) is 3.00. The van der Waals surface area contributed by atoms with Gasteiger partial charge in [0.15, 0.2) is 0 Å². The van der Waals surface area contributed by atoms with Crippen molar-refractivity contribution in [2.24, 2.45) is 0 Å². The van der Waals surface area contributed by atoms with E-state index in [1.54, 1.807) is 6.20 Å². The summed E-state index contributed by atoms with van der Waals surface area (Å²) in [6.07, 6.45) is 2.80. The lowest BCUT2D eigenvalue weighted by molar-refractivity contribution is 0.966. The molecular formula is C18H15ClN4. The van der Waals surface area contributed by atoms with Gasteiger partial charge in [-0.15, -0.1) is 0 Å². The van der Waals surface area contributed by atoms with Crippen molar-refractivity contribution in [3.8, 4) is 0 Å². The van der Waals surface area contributed by atoms with E-state index in [0.717, 1.165) is 24.5 Å². The van der Waals surface area contributed by atoms with Gasteiger partial charge in [0.1, 0.15) is 5.82 Å². The Kier molecular flexibility index (Phi) is 3.60. The maximum Gasteiger partial charge on any atom is 0.229 e. The van der Waals surface area contributed by atoms with Crippen LogP contribution in [0.25, 0.3) is 0 Å². The van der Waals surface area contributed by atoms with E-state index in [1.165, 1.54) is 11.3 Å². The smallest absolute Gasteiger partial charge is 0.229 e. The van der Waals surface area contributed by atoms with Gasteiger partial charge in [-0.2, -0.15) is 4.98 Å². The highest BCUT2D eigenvalue weighted by Gasteiger charge is 2.21. The Morgan fingerprint density at radius 3 is 2.74 bits per heavy atom. The summed E-state index contributed by atoms with van der Waals surface area (Å²) in [5, 5.41) is 3.83. The summed E-state index contributed by atoms with van der Waals surface area (Å²) in [5.74, 6) is 1.43. The second-order valence-corrected chi connectivity index (χ2v) is 5.78. The molecule has 23 heavy (non-hydrogen) atoms. The minimum atomic E-state index is 0.542. The molecule has 3 aromatic rings. The predicted molar refractivity (Wildman–Crippen MR) is 93.9 cm³/mol. The van der Waals surface area contributed by atoms with Crippen molar-refractivity contribution in [1.82, 2.24) is 9.97 Å². The molecule has 5 heteroatoms. The zero-order valence-electron chi connectivity index (χ0n) is 12.4. The topological polar surface area (TPSA) is 41.1 Å². The van der Waals surface area contributed by atoms with Gasteiger partial charge in [0.05, 0.1) is 10.7 Å². The Labute approximate surface area is 139 Å². The summed E-state index contributed by atoms with van der Waals surface area (Å²) in [7, 11) is 0. The van der Waals surface area contributed by atoms with Crippen molar-refractivity contribution in [1.29, 1.82) is 0 Å². The van der Waals surface area contributed by atoms with Crippen molar-refractivity contribution in [3.05, 3.63) is 71.4 Å². The molecule has 4 nitrogen and oxygen atoms in total. The number of nitrogens with zero attached hydrogens (tertiary/aromatic N) is 3. The summed E-state index contributed by atoms with van der Waals surface area (Å²) in [6, 6.07) is 17.9. The number of benzene rings is 2. The summed E-state index contributed by atoms with van der Waals surface area (Å²) in [5.41, 5.74) is 3.37. The van der Waals surface area contributed by atoms with E-state index in [0.29, 0.717) is 11.0 Å². The van der Waals surface area contributed by atoms with Gasteiger partial charge < -0.3 is 10.2 Å². The molecule has 0 atom stereocenters. The molecule has 0 saturated heterocycles. The molecule has 4 rings (SSSR count). The van der Waals surface area contributed by atoms with Crippen LogP contribution in [0.15, 0.2) is 60.8 Å². The maximum absolute atomic E-state index is 6.18. The normalized spacial score (nSPS) is 13.0. The monoisotopic (exact) mass is 322 g/mol. The molecule has 0 bridgehead atoms. The second-order valence-electron chi connectivity index (χ2n) is 5.37. The fourth-order valence-electron chi connectivity index (χ4n) is 2.82. The number of hydrogen-bond acceptors (Lipinski definition) is 4. The number of halogens is 1. The third kappa shape index (κ3) is 2.73. The van der Waals surface area contributed by atoms with Crippen molar-refractivity contribution >= 4 is 34.7 Å². The van der Waals surface area contributed by atoms with Crippen LogP contribution in [0.2, 0.25) is 5.02 Å². The van der Waals surface area contributed by atoms with Crippen molar-refractivity contribution in [2.45, 2.75) is 6.42 Å². The van der Waals surface area contributed by atoms with Crippen LogP contribution in [0, 0.1) is 0 Å². The zero-order chi connectivity index (χ0) is 15.6. The molecule has 0 amide bonds. The highest BCUT2D eigenvalue weighted by atomic mass is 35.5. The number of hydrogen-bond donors (Lipinski definition) is 1. The van der Waals surface area contributed by atoms with Crippen LogP contribution in [0.4, 0.5) is 23.1 Å². The van der Waals surface area contributed by atoms with E-state index >= 15 is 0 Å². The third-order valence-corrected chi connectivity index (χ3v) is 4.25. The number of anilines is 4. The van der Waals surface area contributed by atoms with Gasteiger partial charge in [-0.1, -0.05) is 41.9 Å². The molecule has 2 aromatic carbocycles. The third-order valence-electron chi connectivity index (χ3n) is 3.92. The van der Waals surface area contributed by atoms with Gasteiger partial charge in [0, 0.05) is 18.4 Å². The molecule has 1 aliphatic heterocycles. The van der Waals surface area contributed by atoms with Crippen LogP contribution >= 0.6 is 11.6 Å². The van der Waals surface area contributed by atoms with Gasteiger partial charge in [-0.05, 0) is 36.2 Å². The average Bonchev–Trinajstić information content (AvgIpc) is 3.01. The first-order valence-corrected chi connectivity index (χ1v) is 7.89. The highest BCUT2D eigenvalue weighted by Crippen LogP contribution is 2.33. The molecular weight excluding hydrogens is 308 g/mol. The minimum absolute atomic E-state index is 0.542. The van der Waals surface area contributed by atoms with Gasteiger partial charge in [0.25, 0.3) is 0 Å². The zero-order valence-corrected chi connectivity index (χ0v) is 13.2. The summed E-state index contributed by atoms with van der Waals surface area (Å²) < 4.78 is 0. The maximum atomic E-state index is 6.18. The van der Waals surface area contributed by atoms with Crippen LogP contribution in [-0.4, -0.2) is 16.5 Å². The lowest BCUT2D eigenvalue weighted by Gasteiger charge is -2.18. The lowest BCUT2D eigenvalue weighted by Crippen LogP contribution is -2.15. The molecule has 2 heterocycles. The van der Waals surface area contributed by atoms with Crippen LogP contribution < -0.4 is 10.2 Å². The van der Waals surface area contributed by atoms with E-state index < -0.39 is 0 Å². The Hall–Kier alpha value is -2.59. The predicted octanol–water partition coefficient (Wildman–Crippen LogP) is 4.57. The van der Waals surface area contributed by atoms with Gasteiger partial charge >= 0.3 is 0 Å². The summed E-state index contributed by atoms with van der Waals surface area (Å²) in [6.45, 7) is 0.932. The van der Waals surface area contributed by atoms with Crippen LogP contribution in [-0.2, 0) is 6.42 Å². The number of rotatable bonds is 3. The fraction of sp³-hybridized carbons (Fsp3) is 0.111. The molecule has 1 aromatic heterocycles. The molecule has 0 unspecified atom stereocenters. The van der Waals surface area contributed by atoms with E-state index in [1.807, 2.05) is 30.3 Å². The van der Waals surface area contributed by atoms with Crippen molar-refractivity contribution < 1.29 is 0 Å². The molecule has 0 fully saturated rings. The number of aromatic nitrogens is 2. The number of para-hydroxylation sites is 2. The summed E-state index contributed by atoms with van der Waals surface area (Å²) >= 11 is 6.18. The Bertz CT molecular complexity index is 850. The van der Waals surface area contributed by atoms with Crippen LogP contribution in [0.3, 0.4) is 0 Å². The highest BCUT2D eigenvalue weighted by molar-refractivity contribution is 6.33. The van der Waals surface area contributed by atoms with Gasteiger partial charge in [0.2, 0.25) is 5.95 Å². The minimum Gasteiger partial charge on any atom is -0.326 e. The number of nitrogens with one attached hydrogen (secondary N) is 1.